The van der Waals surface area contributed by atoms with Crippen LogP contribution in [0.25, 0.3) is 0 Å². The first-order chi connectivity index (χ1) is 7.41. The number of rotatable bonds is 0. The summed E-state index contributed by atoms with van der Waals surface area (Å²) < 4.78 is 0. The van der Waals surface area contributed by atoms with Crippen molar-refractivity contribution in [3.63, 3.8) is 0 Å². The number of nitrogens with one attached hydrogen (secondary N) is 1. The van der Waals surface area contributed by atoms with E-state index in [1.54, 1.807) is 0 Å². The van der Waals surface area contributed by atoms with E-state index in [9.17, 15) is 0 Å². The third-order valence-corrected chi connectivity index (χ3v) is 5.57. The van der Waals surface area contributed by atoms with Crippen molar-refractivity contribution in [3.05, 3.63) is 0 Å². The molecule has 1 heteroatoms. The SMILES string of the molecule is CC1(C)CCCCCC(C)(C)C12CCCN2. The van der Waals surface area contributed by atoms with E-state index >= 15 is 0 Å². The third-order valence-electron chi connectivity index (χ3n) is 5.57. The Morgan fingerprint density at radius 2 is 1.25 bits per heavy atom. The van der Waals surface area contributed by atoms with Gasteiger partial charge in [-0.1, -0.05) is 47.0 Å². The van der Waals surface area contributed by atoms with Gasteiger partial charge in [-0.15, -0.1) is 0 Å². The number of hydrogen-bond donors (Lipinski definition) is 1. The maximum atomic E-state index is 3.92. The predicted molar refractivity (Wildman–Crippen MR) is 70.6 cm³/mol. The maximum absolute atomic E-state index is 3.92. The van der Waals surface area contributed by atoms with Gasteiger partial charge >= 0.3 is 0 Å². The molecule has 94 valence electrons. The highest BCUT2D eigenvalue weighted by Gasteiger charge is 2.55. The van der Waals surface area contributed by atoms with Crippen LogP contribution in [0.15, 0.2) is 0 Å². The first-order valence-electron chi connectivity index (χ1n) is 7.16. The summed E-state index contributed by atoms with van der Waals surface area (Å²) in [5.74, 6) is 0. The molecule has 0 aromatic rings. The molecule has 16 heavy (non-hydrogen) atoms. The van der Waals surface area contributed by atoms with Gasteiger partial charge in [-0.05, 0) is 43.1 Å². The smallest absolute Gasteiger partial charge is 0.0283 e. The maximum Gasteiger partial charge on any atom is 0.0283 e. The summed E-state index contributed by atoms with van der Waals surface area (Å²) >= 11 is 0. The van der Waals surface area contributed by atoms with Gasteiger partial charge in [0.25, 0.3) is 0 Å². The highest BCUT2D eigenvalue weighted by molar-refractivity contribution is 5.11. The molecule has 1 N–H and O–H groups in total. The van der Waals surface area contributed by atoms with Crippen LogP contribution in [0.1, 0.15) is 72.6 Å². The van der Waals surface area contributed by atoms with Gasteiger partial charge in [0.15, 0.2) is 0 Å². The van der Waals surface area contributed by atoms with Crippen LogP contribution in [0.3, 0.4) is 0 Å². The molecule has 2 aliphatic rings. The molecule has 0 atom stereocenters. The quantitative estimate of drug-likeness (QED) is 0.651. The van der Waals surface area contributed by atoms with E-state index < -0.39 is 0 Å². The second kappa shape index (κ2) is 4.01. The Labute approximate surface area is 101 Å². The molecule has 0 unspecified atom stereocenters. The average Bonchev–Trinajstić information content (AvgIpc) is 2.66. The lowest BCUT2D eigenvalue weighted by molar-refractivity contribution is -0.00862. The topological polar surface area (TPSA) is 12.0 Å². The van der Waals surface area contributed by atoms with Crippen molar-refractivity contribution in [2.45, 2.75) is 78.2 Å². The molecule has 0 amide bonds. The van der Waals surface area contributed by atoms with Crippen molar-refractivity contribution in [3.8, 4) is 0 Å². The van der Waals surface area contributed by atoms with Gasteiger partial charge < -0.3 is 5.32 Å². The summed E-state index contributed by atoms with van der Waals surface area (Å²) in [5, 5.41) is 3.92. The molecule has 1 spiro atoms. The zero-order chi connectivity index (χ0) is 11.9. The first-order valence-corrected chi connectivity index (χ1v) is 7.16. The summed E-state index contributed by atoms with van der Waals surface area (Å²) in [6.45, 7) is 11.2. The Balaban J connectivity index is 2.36. The van der Waals surface area contributed by atoms with E-state index in [0.29, 0.717) is 16.4 Å². The van der Waals surface area contributed by atoms with Crippen molar-refractivity contribution >= 4 is 0 Å². The summed E-state index contributed by atoms with van der Waals surface area (Å²) in [7, 11) is 0. The molecule has 0 aromatic heterocycles. The molecule has 1 heterocycles. The van der Waals surface area contributed by atoms with Crippen LogP contribution in [0, 0.1) is 10.8 Å². The minimum absolute atomic E-state index is 0.389. The van der Waals surface area contributed by atoms with Crippen LogP contribution in [-0.4, -0.2) is 12.1 Å². The van der Waals surface area contributed by atoms with Crippen molar-refractivity contribution in [2.75, 3.05) is 6.54 Å². The largest absolute Gasteiger partial charge is 0.310 e. The van der Waals surface area contributed by atoms with Gasteiger partial charge in [0.05, 0.1) is 0 Å². The Morgan fingerprint density at radius 1 is 0.688 bits per heavy atom. The number of hydrogen-bond acceptors (Lipinski definition) is 1. The van der Waals surface area contributed by atoms with E-state index in [0.717, 1.165) is 0 Å². The molecule has 0 aromatic carbocycles. The Kier molecular flexibility index (Phi) is 3.11. The molecule has 1 saturated heterocycles. The van der Waals surface area contributed by atoms with Crippen molar-refractivity contribution in [1.29, 1.82) is 0 Å². The van der Waals surface area contributed by atoms with Gasteiger partial charge in [-0.25, -0.2) is 0 Å². The molecular weight excluding hydrogens is 194 g/mol. The van der Waals surface area contributed by atoms with Crippen LogP contribution in [-0.2, 0) is 0 Å². The van der Waals surface area contributed by atoms with Crippen molar-refractivity contribution < 1.29 is 0 Å². The van der Waals surface area contributed by atoms with Crippen LogP contribution in [0.2, 0.25) is 0 Å². The van der Waals surface area contributed by atoms with E-state index in [2.05, 4.69) is 33.0 Å². The van der Waals surface area contributed by atoms with Crippen molar-refractivity contribution in [1.82, 2.24) is 5.32 Å². The molecule has 2 fully saturated rings. The standard InChI is InChI=1S/C15H29N/c1-13(2)9-6-5-7-10-14(3,4)15(13)11-8-12-16-15/h16H,5-12H2,1-4H3. The first kappa shape index (κ1) is 12.4. The lowest BCUT2D eigenvalue weighted by Gasteiger charge is -2.56. The van der Waals surface area contributed by atoms with Crippen LogP contribution in [0.4, 0.5) is 0 Å². The third kappa shape index (κ3) is 1.72. The van der Waals surface area contributed by atoms with Gasteiger partial charge in [0.1, 0.15) is 0 Å². The molecule has 0 radical (unpaired) electrons. The fraction of sp³-hybridized carbons (Fsp3) is 1.00. The average molecular weight is 223 g/mol. The minimum Gasteiger partial charge on any atom is -0.310 e. The van der Waals surface area contributed by atoms with Crippen molar-refractivity contribution in [2.24, 2.45) is 10.8 Å². The lowest BCUT2D eigenvalue weighted by Crippen LogP contribution is -2.62. The fourth-order valence-electron chi connectivity index (χ4n) is 4.55. The molecule has 2 rings (SSSR count). The summed E-state index contributed by atoms with van der Waals surface area (Å²) in [6.07, 6.45) is 9.81. The Morgan fingerprint density at radius 3 is 1.69 bits per heavy atom. The monoisotopic (exact) mass is 223 g/mol. The normalized spacial score (nSPS) is 32.2. The van der Waals surface area contributed by atoms with Gasteiger partial charge in [-0.3, -0.25) is 0 Å². The molecule has 1 saturated carbocycles. The highest BCUT2D eigenvalue weighted by Crippen LogP contribution is 2.54. The van der Waals surface area contributed by atoms with E-state index in [-0.39, 0.29) is 0 Å². The Hall–Kier alpha value is -0.0400. The molecular formula is C15H29N. The molecule has 1 aliphatic carbocycles. The summed E-state index contributed by atoms with van der Waals surface area (Å²) in [4.78, 5) is 0. The Bertz CT molecular complexity index is 226. The summed E-state index contributed by atoms with van der Waals surface area (Å²) in [5.41, 5.74) is 1.29. The second-order valence-electron chi connectivity index (χ2n) is 7.26. The minimum atomic E-state index is 0.389. The molecule has 1 nitrogen and oxygen atoms in total. The molecule has 0 bridgehead atoms. The second-order valence-corrected chi connectivity index (χ2v) is 7.26. The van der Waals surface area contributed by atoms with E-state index in [4.69, 9.17) is 0 Å². The van der Waals surface area contributed by atoms with Gasteiger partial charge in [0.2, 0.25) is 0 Å². The lowest BCUT2D eigenvalue weighted by atomic mass is 9.54. The van der Waals surface area contributed by atoms with Gasteiger partial charge in [0, 0.05) is 5.54 Å². The zero-order valence-corrected chi connectivity index (χ0v) is 11.7. The highest BCUT2D eigenvalue weighted by atomic mass is 15.0. The van der Waals surface area contributed by atoms with E-state index in [1.807, 2.05) is 0 Å². The zero-order valence-electron chi connectivity index (χ0n) is 11.7. The van der Waals surface area contributed by atoms with Crippen LogP contribution >= 0.6 is 0 Å². The van der Waals surface area contributed by atoms with Crippen LogP contribution < -0.4 is 5.32 Å². The van der Waals surface area contributed by atoms with Gasteiger partial charge in [-0.2, -0.15) is 0 Å². The molecule has 1 aliphatic heterocycles. The van der Waals surface area contributed by atoms with Crippen LogP contribution in [0.5, 0.6) is 0 Å². The predicted octanol–water partition coefficient (Wildman–Crippen LogP) is 4.13. The van der Waals surface area contributed by atoms with E-state index in [1.165, 1.54) is 51.5 Å². The fourth-order valence-corrected chi connectivity index (χ4v) is 4.55. The summed E-state index contributed by atoms with van der Waals surface area (Å²) in [6, 6.07) is 0.